The summed E-state index contributed by atoms with van der Waals surface area (Å²) in [4.78, 5) is 2.61. The van der Waals surface area contributed by atoms with Crippen molar-refractivity contribution in [3.05, 3.63) is 0 Å². The summed E-state index contributed by atoms with van der Waals surface area (Å²) in [6, 6.07) is 0.219. The minimum absolute atomic E-state index is 0.188. The molecule has 1 aliphatic rings. The second-order valence-electron chi connectivity index (χ2n) is 4.85. The molecule has 1 saturated heterocycles. The van der Waals surface area contributed by atoms with Crippen LogP contribution in [0.2, 0.25) is 0 Å². The van der Waals surface area contributed by atoms with E-state index in [1.54, 1.807) is 0 Å². The summed E-state index contributed by atoms with van der Waals surface area (Å²) in [5.74, 6) is 2.71. The molecule has 1 heterocycles. The first kappa shape index (κ1) is 13.5. The van der Waals surface area contributed by atoms with E-state index in [2.05, 4.69) is 24.7 Å². The summed E-state index contributed by atoms with van der Waals surface area (Å²) in [5.41, 5.74) is 6.59. The smallest absolute Gasteiger partial charge is 0.0355 e. The van der Waals surface area contributed by atoms with Crippen LogP contribution >= 0.6 is 0 Å². The summed E-state index contributed by atoms with van der Waals surface area (Å²) in [7, 11) is 0. The predicted octanol–water partition coefficient (Wildman–Crippen LogP) is 2.38. The van der Waals surface area contributed by atoms with Crippen molar-refractivity contribution in [1.29, 1.82) is 0 Å². The van der Waals surface area contributed by atoms with E-state index in [4.69, 9.17) is 12.2 Å². The molecule has 2 heteroatoms. The number of likely N-dealkylation sites (tertiary alicyclic amines) is 1. The molecule has 0 amide bonds. The predicted molar refractivity (Wildman–Crippen MR) is 70.2 cm³/mol. The van der Waals surface area contributed by atoms with Crippen LogP contribution in [0.1, 0.15) is 52.4 Å². The lowest BCUT2D eigenvalue weighted by atomic mass is 9.81. The number of nitrogens with zero attached hydrogens (tertiary/aromatic N) is 1. The molecule has 0 aromatic carbocycles. The van der Waals surface area contributed by atoms with E-state index in [-0.39, 0.29) is 11.6 Å². The van der Waals surface area contributed by atoms with Crippen molar-refractivity contribution in [3.8, 4) is 12.3 Å². The van der Waals surface area contributed by atoms with Crippen LogP contribution in [-0.2, 0) is 0 Å². The number of hydrogen-bond acceptors (Lipinski definition) is 2. The molecule has 1 unspecified atom stereocenters. The van der Waals surface area contributed by atoms with Gasteiger partial charge in [0.25, 0.3) is 0 Å². The molecule has 92 valence electrons. The number of nitrogens with two attached hydrogens (primary N) is 1. The van der Waals surface area contributed by atoms with Crippen LogP contribution in [-0.4, -0.2) is 29.6 Å². The van der Waals surface area contributed by atoms with Gasteiger partial charge in [0.1, 0.15) is 0 Å². The zero-order valence-electron chi connectivity index (χ0n) is 10.8. The summed E-state index contributed by atoms with van der Waals surface area (Å²) in [6.07, 6.45) is 12.0. The molecular formula is C14H26N2. The molecule has 0 aromatic rings. The SMILES string of the molecule is C#CCCC(N)C(CC)(CC)N1CCCC1. The Morgan fingerprint density at radius 3 is 2.31 bits per heavy atom. The van der Waals surface area contributed by atoms with Gasteiger partial charge in [-0.05, 0) is 45.2 Å². The van der Waals surface area contributed by atoms with Gasteiger partial charge in [-0.3, -0.25) is 4.90 Å². The van der Waals surface area contributed by atoms with Crippen molar-refractivity contribution in [2.24, 2.45) is 5.73 Å². The number of terminal acetylenes is 1. The zero-order chi connectivity index (χ0) is 12.0. The van der Waals surface area contributed by atoms with Crippen LogP contribution < -0.4 is 5.73 Å². The minimum Gasteiger partial charge on any atom is -0.326 e. The van der Waals surface area contributed by atoms with Crippen LogP contribution in [0.4, 0.5) is 0 Å². The molecule has 1 fully saturated rings. The van der Waals surface area contributed by atoms with Crippen LogP contribution in [0.25, 0.3) is 0 Å². The van der Waals surface area contributed by atoms with Gasteiger partial charge in [0.15, 0.2) is 0 Å². The molecule has 1 atom stereocenters. The lowest BCUT2D eigenvalue weighted by Crippen LogP contribution is -2.58. The van der Waals surface area contributed by atoms with E-state index in [0.29, 0.717) is 0 Å². The van der Waals surface area contributed by atoms with Gasteiger partial charge >= 0.3 is 0 Å². The van der Waals surface area contributed by atoms with Crippen LogP contribution in [0.15, 0.2) is 0 Å². The molecule has 16 heavy (non-hydrogen) atoms. The third-order valence-electron chi connectivity index (χ3n) is 4.25. The molecule has 0 bridgehead atoms. The van der Waals surface area contributed by atoms with Crippen molar-refractivity contribution >= 4 is 0 Å². The third kappa shape index (κ3) is 2.59. The molecule has 0 saturated carbocycles. The van der Waals surface area contributed by atoms with E-state index in [1.165, 1.54) is 25.9 Å². The average Bonchev–Trinajstić information content (AvgIpc) is 2.83. The summed E-state index contributed by atoms with van der Waals surface area (Å²) in [5, 5.41) is 0. The van der Waals surface area contributed by atoms with E-state index in [1.807, 2.05) is 0 Å². The highest BCUT2D eigenvalue weighted by atomic mass is 15.2. The Balaban J connectivity index is 2.73. The van der Waals surface area contributed by atoms with E-state index in [0.717, 1.165) is 25.7 Å². The molecule has 0 spiro atoms. The largest absolute Gasteiger partial charge is 0.326 e. The fraction of sp³-hybridized carbons (Fsp3) is 0.857. The number of rotatable bonds is 6. The van der Waals surface area contributed by atoms with Crippen LogP contribution in [0.5, 0.6) is 0 Å². The highest BCUT2D eigenvalue weighted by Crippen LogP contribution is 2.32. The van der Waals surface area contributed by atoms with E-state index in [9.17, 15) is 0 Å². The first-order chi connectivity index (χ1) is 7.71. The van der Waals surface area contributed by atoms with Crippen molar-refractivity contribution in [1.82, 2.24) is 4.90 Å². The van der Waals surface area contributed by atoms with E-state index < -0.39 is 0 Å². The van der Waals surface area contributed by atoms with Gasteiger partial charge in [-0.1, -0.05) is 13.8 Å². The van der Waals surface area contributed by atoms with Gasteiger partial charge in [0.05, 0.1) is 0 Å². The second kappa shape index (κ2) is 6.27. The Hall–Kier alpha value is -0.520. The van der Waals surface area contributed by atoms with Crippen molar-refractivity contribution in [3.63, 3.8) is 0 Å². The Kier molecular flexibility index (Phi) is 5.31. The Bertz CT molecular complexity index is 232. The molecule has 0 radical (unpaired) electrons. The highest BCUT2D eigenvalue weighted by Gasteiger charge is 2.39. The van der Waals surface area contributed by atoms with Crippen molar-refractivity contribution < 1.29 is 0 Å². The monoisotopic (exact) mass is 222 g/mol. The van der Waals surface area contributed by atoms with Gasteiger partial charge in [0, 0.05) is 18.0 Å². The standard InChI is InChI=1S/C14H26N2/c1-4-7-10-13(15)14(5-2,6-3)16-11-8-9-12-16/h1,13H,5-12,15H2,2-3H3. The quantitative estimate of drug-likeness (QED) is 0.699. The number of hydrogen-bond donors (Lipinski definition) is 1. The van der Waals surface area contributed by atoms with Gasteiger partial charge in [-0.25, -0.2) is 0 Å². The molecule has 2 nitrogen and oxygen atoms in total. The summed E-state index contributed by atoms with van der Waals surface area (Å²) < 4.78 is 0. The Labute approximate surface area is 101 Å². The van der Waals surface area contributed by atoms with E-state index >= 15 is 0 Å². The summed E-state index contributed by atoms with van der Waals surface area (Å²) >= 11 is 0. The first-order valence-corrected chi connectivity index (χ1v) is 6.65. The van der Waals surface area contributed by atoms with Crippen molar-refractivity contribution in [2.45, 2.75) is 64.0 Å². The maximum Gasteiger partial charge on any atom is 0.0355 e. The lowest BCUT2D eigenvalue weighted by Gasteiger charge is -2.45. The first-order valence-electron chi connectivity index (χ1n) is 6.65. The lowest BCUT2D eigenvalue weighted by molar-refractivity contribution is 0.0742. The average molecular weight is 222 g/mol. The normalized spacial score (nSPS) is 19.6. The van der Waals surface area contributed by atoms with Gasteiger partial charge in [0.2, 0.25) is 0 Å². The molecule has 1 aliphatic heterocycles. The molecule has 0 aliphatic carbocycles. The molecule has 0 aromatic heterocycles. The Morgan fingerprint density at radius 2 is 1.88 bits per heavy atom. The van der Waals surface area contributed by atoms with Crippen molar-refractivity contribution in [2.75, 3.05) is 13.1 Å². The fourth-order valence-electron chi connectivity index (χ4n) is 3.13. The maximum atomic E-state index is 6.40. The summed E-state index contributed by atoms with van der Waals surface area (Å²) in [6.45, 7) is 6.95. The Morgan fingerprint density at radius 1 is 1.31 bits per heavy atom. The maximum absolute atomic E-state index is 6.40. The second-order valence-corrected chi connectivity index (χ2v) is 4.85. The fourth-order valence-corrected chi connectivity index (χ4v) is 3.13. The van der Waals surface area contributed by atoms with Gasteiger partial charge in [-0.2, -0.15) is 0 Å². The topological polar surface area (TPSA) is 29.3 Å². The van der Waals surface area contributed by atoms with Gasteiger partial charge in [-0.15, -0.1) is 12.3 Å². The molecular weight excluding hydrogens is 196 g/mol. The van der Waals surface area contributed by atoms with Crippen LogP contribution in [0, 0.1) is 12.3 Å². The molecule has 2 N–H and O–H groups in total. The highest BCUT2D eigenvalue weighted by molar-refractivity contribution is 5.00. The minimum atomic E-state index is 0.188. The molecule has 1 rings (SSSR count). The zero-order valence-corrected chi connectivity index (χ0v) is 10.8. The van der Waals surface area contributed by atoms with Crippen LogP contribution in [0.3, 0.4) is 0 Å². The third-order valence-corrected chi connectivity index (χ3v) is 4.25. The van der Waals surface area contributed by atoms with Gasteiger partial charge < -0.3 is 5.73 Å².